The zero-order valence-electron chi connectivity index (χ0n) is 17.5. The first kappa shape index (κ1) is 21.9. The van der Waals surface area contributed by atoms with E-state index >= 15 is 0 Å². The number of aromatic nitrogens is 3. The third kappa shape index (κ3) is 4.94. The maximum Gasteiger partial charge on any atom is 0.243 e. The first-order valence-electron chi connectivity index (χ1n) is 10.4. The van der Waals surface area contributed by atoms with Crippen LogP contribution >= 0.6 is 11.8 Å². The molecule has 7 nitrogen and oxygen atoms in total. The maximum atomic E-state index is 12.9. The van der Waals surface area contributed by atoms with Gasteiger partial charge in [0.05, 0.1) is 11.5 Å². The number of benzene rings is 2. The molecule has 0 saturated carbocycles. The molecule has 164 valence electrons. The van der Waals surface area contributed by atoms with Crippen LogP contribution in [0.3, 0.4) is 0 Å². The Kier molecular flexibility index (Phi) is 6.94. The predicted molar refractivity (Wildman–Crippen MR) is 122 cm³/mol. The smallest absolute Gasteiger partial charge is 0.243 e. The Labute approximate surface area is 187 Å². The normalized spacial score (nSPS) is 14.7. The fourth-order valence-corrected chi connectivity index (χ4v) is 5.96. The SMILES string of the molecule is CCn1c(SCCOc2ccccc2)nnc1-c1cccc(S(=O)(=O)N2CCCC2)c1. The Morgan fingerprint density at radius 2 is 1.81 bits per heavy atom. The first-order chi connectivity index (χ1) is 15.1. The largest absolute Gasteiger partial charge is 0.493 e. The molecule has 2 aromatic carbocycles. The van der Waals surface area contributed by atoms with Crippen molar-refractivity contribution in [3.05, 3.63) is 54.6 Å². The van der Waals surface area contributed by atoms with Crippen molar-refractivity contribution in [1.82, 2.24) is 19.1 Å². The lowest BCUT2D eigenvalue weighted by atomic mass is 10.2. The van der Waals surface area contributed by atoms with Gasteiger partial charge in [-0.3, -0.25) is 0 Å². The van der Waals surface area contributed by atoms with Crippen LogP contribution in [0.2, 0.25) is 0 Å². The van der Waals surface area contributed by atoms with Crippen LogP contribution in [0.4, 0.5) is 0 Å². The van der Waals surface area contributed by atoms with Crippen molar-refractivity contribution in [3.63, 3.8) is 0 Å². The highest BCUT2D eigenvalue weighted by Gasteiger charge is 2.27. The van der Waals surface area contributed by atoms with Crippen LogP contribution in [-0.2, 0) is 16.6 Å². The molecule has 0 spiro atoms. The zero-order chi connectivity index (χ0) is 21.7. The molecule has 1 aliphatic rings. The number of nitrogens with zero attached hydrogens (tertiary/aromatic N) is 4. The molecule has 1 aromatic heterocycles. The molecule has 9 heteroatoms. The van der Waals surface area contributed by atoms with Gasteiger partial charge in [0.25, 0.3) is 0 Å². The van der Waals surface area contributed by atoms with E-state index in [1.165, 1.54) is 0 Å². The summed E-state index contributed by atoms with van der Waals surface area (Å²) in [5.41, 5.74) is 0.752. The lowest BCUT2D eigenvalue weighted by molar-refractivity contribution is 0.344. The number of rotatable bonds is 9. The molecule has 1 aliphatic heterocycles. The number of sulfonamides is 1. The number of hydrogen-bond donors (Lipinski definition) is 0. The molecule has 0 atom stereocenters. The van der Waals surface area contributed by atoms with Crippen molar-refractivity contribution >= 4 is 21.8 Å². The van der Waals surface area contributed by atoms with Crippen molar-refractivity contribution in [1.29, 1.82) is 0 Å². The van der Waals surface area contributed by atoms with Gasteiger partial charge in [0.15, 0.2) is 11.0 Å². The third-order valence-electron chi connectivity index (χ3n) is 5.15. The Morgan fingerprint density at radius 1 is 1.03 bits per heavy atom. The Bertz CT molecular complexity index is 1110. The lowest BCUT2D eigenvalue weighted by Gasteiger charge is -2.16. The minimum absolute atomic E-state index is 0.308. The van der Waals surface area contributed by atoms with E-state index in [1.807, 2.05) is 47.9 Å². The molecule has 0 N–H and O–H groups in total. The minimum Gasteiger partial charge on any atom is -0.493 e. The van der Waals surface area contributed by atoms with E-state index in [4.69, 9.17) is 4.74 Å². The fourth-order valence-electron chi connectivity index (χ4n) is 3.58. The van der Waals surface area contributed by atoms with E-state index < -0.39 is 10.0 Å². The van der Waals surface area contributed by atoms with Gasteiger partial charge >= 0.3 is 0 Å². The fraction of sp³-hybridized carbons (Fsp3) is 0.364. The van der Waals surface area contributed by atoms with Gasteiger partial charge in [-0.25, -0.2) is 8.42 Å². The van der Waals surface area contributed by atoms with E-state index in [2.05, 4.69) is 10.2 Å². The second-order valence-electron chi connectivity index (χ2n) is 7.20. The topological polar surface area (TPSA) is 77.3 Å². The van der Waals surface area contributed by atoms with Gasteiger partial charge in [-0.2, -0.15) is 4.31 Å². The Hall–Kier alpha value is -2.36. The number of ether oxygens (including phenoxy) is 1. The average Bonchev–Trinajstić information content (AvgIpc) is 3.48. The van der Waals surface area contributed by atoms with Crippen LogP contribution in [0.15, 0.2) is 64.6 Å². The maximum absolute atomic E-state index is 12.9. The molecule has 0 unspecified atom stereocenters. The van der Waals surface area contributed by atoms with E-state index in [-0.39, 0.29) is 0 Å². The van der Waals surface area contributed by atoms with E-state index in [0.717, 1.165) is 35.1 Å². The van der Waals surface area contributed by atoms with E-state index in [1.54, 1.807) is 34.3 Å². The van der Waals surface area contributed by atoms with Crippen LogP contribution in [0, 0.1) is 0 Å². The van der Waals surface area contributed by atoms with Crippen LogP contribution in [-0.4, -0.2) is 52.9 Å². The standard InChI is InChI=1S/C22H26N4O3S2/c1-2-26-21(23-24-22(26)30-16-15-29-19-10-4-3-5-11-19)18-9-8-12-20(17-18)31(27,28)25-13-6-7-14-25/h3-5,8-12,17H,2,6-7,13-16H2,1H3. The van der Waals surface area contributed by atoms with Crippen LogP contribution in [0.25, 0.3) is 11.4 Å². The third-order valence-corrected chi connectivity index (χ3v) is 7.98. The van der Waals surface area contributed by atoms with Gasteiger partial charge in [-0.15, -0.1) is 10.2 Å². The van der Waals surface area contributed by atoms with Gasteiger partial charge in [-0.05, 0) is 44.0 Å². The molecule has 0 radical (unpaired) electrons. The van der Waals surface area contributed by atoms with Gasteiger partial charge in [0.2, 0.25) is 10.0 Å². The average molecular weight is 459 g/mol. The highest BCUT2D eigenvalue weighted by atomic mass is 32.2. The van der Waals surface area contributed by atoms with Crippen LogP contribution in [0.1, 0.15) is 19.8 Å². The van der Waals surface area contributed by atoms with Crippen molar-refractivity contribution in [2.45, 2.75) is 36.4 Å². The van der Waals surface area contributed by atoms with Crippen molar-refractivity contribution < 1.29 is 13.2 Å². The van der Waals surface area contributed by atoms with E-state index in [0.29, 0.717) is 37.0 Å². The van der Waals surface area contributed by atoms with Gasteiger partial charge in [0, 0.05) is 31.0 Å². The summed E-state index contributed by atoms with van der Waals surface area (Å²) in [6.45, 7) is 4.45. The summed E-state index contributed by atoms with van der Waals surface area (Å²) >= 11 is 1.57. The second-order valence-corrected chi connectivity index (χ2v) is 10.2. The lowest BCUT2D eigenvalue weighted by Crippen LogP contribution is -2.27. The number of thioether (sulfide) groups is 1. The molecule has 4 rings (SSSR count). The van der Waals surface area contributed by atoms with Gasteiger partial charge in [-0.1, -0.05) is 42.1 Å². The quantitative estimate of drug-likeness (QED) is 0.357. The summed E-state index contributed by atoms with van der Waals surface area (Å²) in [5, 5.41) is 9.49. The van der Waals surface area contributed by atoms with Gasteiger partial charge < -0.3 is 9.30 Å². The molecule has 31 heavy (non-hydrogen) atoms. The minimum atomic E-state index is -3.47. The molecule has 0 amide bonds. The number of para-hydroxylation sites is 1. The van der Waals surface area contributed by atoms with Crippen LogP contribution in [0.5, 0.6) is 5.75 Å². The highest BCUT2D eigenvalue weighted by Crippen LogP contribution is 2.28. The molecule has 1 fully saturated rings. The Balaban J connectivity index is 1.48. The monoisotopic (exact) mass is 458 g/mol. The molecular weight excluding hydrogens is 432 g/mol. The number of hydrogen-bond acceptors (Lipinski definition) is 6. The molecule has 1 saturated heterocycles. The van der Waals surface area contributed by atoms with Crippen molar-refractivity contribution in [2.24, 2.45) is 0 Å². The van der Waals surface area contributed by atoms with Crippen molar-refractivity contribution in [2.75, 3.05) is 25.4 Å². The summed E-state index contributed by atoms with van der Waals surface area (Å²) in [6, 6.07) is 16.7. The molecule has 0 bridgehead atoms. The van der Waals surface area contributed by atoms with Gasteiger partial charge in [0.1, 0.15) is 5.75 Å². The Morgan fingerprint density at radius 3 is 2.55 bits per heavy atom. The first-order valence-corrected chi connectivity index (χ1v) is 12.9. The summed E-state index contributed by atoms with van der Waals surface area (Å²) in [5.74, 6) is 2.25. The highest BCUT2D eigenvalue weighted by molar-refractivity contribution is 7.99. The summed E-state index contributed by atoms with van der Waals surface area (Å²) in [7, 11) is -3.47. The second kappa shape index (κ2) is 9.84. The summed E-state index contributed by atoms with van der Waals surface area (Å²) in [4.78, 5) is 0.308. The molecular formula is C22H26N4O3S2. The predicted octanol–water partition coefficient (Wildman–Crippen LogP) is 3.92. The van der Waals surface area contributed by atoms with Crippen molar-refractivity contribution in [3.8, 4) is 17.1 Å². The molecule has 0 aliphatic carbocycles. The summed E-state index contributed by atoms with van der Waals surface area (Å²) in [6.07, 6.45) is 1.83. The van der Waals surface area contributed by atoms with E-state index in [9.17, 15) is 8.42 Å². The van der Waals surface area contributed by atoms with Crippen LogP contribution < -0.4 is 4.74 Å². The molecule has 3 aromatic rings. The zero-order valence-corrected chi connectivity index (χ0v) is 19.1. The molecule has 2 heterocycles. The summed E-state index contributed by atoms with van der Waals surface area (Å²) < 4.78 is 35.2.